The lowest BCUT2D eigenvalue weighted by Crippen LogP contribution is -2.12. The van der Waals surface area contributed by atoms with Gasteiger partial charge in [-0.1, -0.05) is 23.7 Å². The molecule has 0 aliphatic heterocycles. The molecule has 0 aliphatic carbocycles. The Hall–Kier alpha value is -3.11. The highest BCUT2D eigenvalue weighted by molar-refractivity contribution is 6.30. The summed E-state index contributed by atoms with van der Waals surface area (Å²) in [6, 6.07) is 8.61. The first-order valence-corrected chi connectivity index (χ1v) is 7.25. The number of amides is 1. The molecule has 0 bridgehead atoms. The summed E-state index contributed by atoms with van der Waals surface area (Å²) in [4.78, 5) is 22.0. The molecule has 122 valence electrons. The molecule has 1 aromatic heterocycles. The Bertz CT molecular complexity index is 864. The number of benzene rings is 1. The summed E-state index contributed by atoms with van der Waals surface area (Å²) in [6.07, 6.45) is 2.77. The van der Waals surface area contributed by atoms with E-state index in [0.717, 1.165) is 0 Å². The van der Waals surface area contributed by atoms with Gasteiger partial charge in [0.2, 0.25) is 0 Å². The number of primary amides is 1. The number of hydrogen-bond donors (Lipinski definition) is 2. The fourth-order valence-corrected chi connectivity index (χ4v) is 2.23. The number of carboxylic acids is 1. The quantitative estimate of drug-likeness (QED) is 0.613. The molecule has 0 spiro atoms. The van der Waals surface area contributed by atoms with Crippen molar-refractivity contribution in [1.82, 2.24) is 9.78 Å². The Balaban J connectivity index is 2.52. The number of nitrogens with two attached hydrogens (primary N) is 1. The number of nitrogens with zero attached hydrogens (tertiary/aromatic N) is 3. The molecule has 0 radical (unpaired) electrons. The van der Waals surface area contributed by atoms with E-state index in [1.54, 1.807) is 36.5 Å². The summed E-state index contributed by atoms with van der Waals surface area (Å²) in [5.74, 6) is -1.81. The third-order valence-corrected chi connectivity index (χ3v) is 3.36. The van der Waals surface area contributed by atoms with Gasteiger partial charge in [-0.05, 0) is 18.2 Å². The standard InChI is InChI=1S/C16H13ClN4O3/c17-13-3-1-2-10(7-13)15-12(6-11(8-18)16(19)24)9-21(20-15)5-4-14(22)23/h1-3,6-7,9H,4-5H2,(H2,19,24)(H,22,23)/b11-6-. The number of halogens is 1. The van der Waals surface area contributed by atoms with Gasteiger partial charge in [0.1, 0.15) is 11.6 Å². The number of carbonyl (C=O) groups is 2. The summed E-state index contributed by atoms with van der Waals surface area (Å²) in [7, 11) is 0. The van der Waals surface area contributed by atoms with Crippen molar-refractivity contribution in [2.75, 3.05) is 0 Å². The molecular weight excluding hydrogens is 332 g/mol. The summed E-state index contributed by atoms with van der Waals surface area (Å²) in [5, 5.41) is 22.6. The Morgan fingerprint density at radius 1 is 1.46 bits per heavy atom. The molecule has 1 heterocycles. The maximum Gasteiger partial charge on any atom is 0.305 e. The fraction of sp³-hybridized carbons (Fsp3) is 0.125. The minimum absolute atomic E-state index is 0.110. The number of aryl methyl sites for hydroxylation is 1. The molecule has 24 heavy (non-hydrogen) atoms. The number of hydrogen-bond acceptors (Lipinski definition) is 4. The number of rotatable bonds is 6. The van der Waals surface area contributed by atoms with Crippen molar-refractivity contribution in [2.24, 2.45) is 5.73 Å². The zero-order valence-electron chi connectivity index (χ0n) is 12.4. The van der Waals surface area contributed by atoms with Gasteiger partial charge >= 0.3 is 5.97 Å². The first kappa shape index (κ1) is 17.2. The van der Waals surface area contributed by atoms with E-state index >= 15 is 0 Å². The summed E-state index contributed by atoms with van der Waals surface area (Å²) in [5.41, 5.74) is 6.54. The highest BCUT2D eigenvalue weighted by Crippen LogP contribution is 2.26. The number of carboxylic acid groups (broad SMARTS) is 1. The second-order valence-electron chi connectivity index (χ2n) is 4.88. The summed E-state index contributed by atoms with van der Waals surface area (Å²) < 4.78 is 1.44. The molecule has 0 fully saturated rings. The lowest BCUT2D eigenvalue weighted by Gasteiger charge is -2.00. The van der Waals surface area contributed by atoms with Crippen molar-refractivity contribution in [3.05, 3.63) is 46.6 Å². The van der Waals surface area contributed by atoms with E-state index < -0.39 is 11.9 Å². The van der Waals surface area contributed by atoms with E-state index in [0.29, 0.717) is 21.8 Å². The average molecular weight is 345 g/mol. The normalized spacial score (nSPS) is 11.1. The smallest absolute Gasteiger partial charge is 0.305 e. The van der Waals surface area contributed by atoms with Crippen molar-refractivity contribution in [2.45, 2.75) is 13.0 Å². The average Bonchev–Trinajstić information content (AvgIpc) is 2.93. The maximum atomic E-state index is 11.3. The molecule has 2 aromatic rings. The first-order valence-electron chi connectivity index (χ1n) is 6.87. The molecule has 0 atom stereocenters. The number of aromatic nitrogens is 2. The van der Waals surface area contributed by atoms with Crippen LogP contribution in [0.4, 0.5) is 0 Å². The molecule has 8 heteroatoms. The second-order valence-corrected chi connectivity index (χ2v) is 5.32. The predicted octanol–water partition coefficient (Wildman–Crippen LogP) is 2.07. The van der Waals surface area contributed by atoms with Crippen molar-refractivity contribution < 1.29 is 14.7 Å². The van der Waals surface area contributed by atoms with Crippen LogP contribution in [0.25, 0.3) is 17.3 Å². The van der Waals surface area contributed by atoms with Crippen LogP contribution in [0.15, 0.2) is 36.0 Å². The van der Waals surface area contributed by atoms with Crippen LogP contribution in [0, 0.1) is 11.3 Å². The van der Waals surface area contributed by atoms with Crippen LogP contribution in [-0.2, 0) is 16.1 Å². The molecule has 0 saturated carbocycles. The van der Waals surface area contributed by atoms with Gasteiger partial charge in [-0.3, -0.25) is 14.3 Å². The minimum Gasteiger partial charge on any atom is -0.481 e. The molecule has 1 aromatic carbocycles. The number of carbonyl (C=O) groups excluding carboxylic acids is 1. The molecule has 1 amide bonds. The van der Waals surface area contributed by atoms with Gasteiger partial charge in [-0.15, -0.1) is 0 Å². The largest absolute Gasteiger partial charge is 0.481 e. The van der Waals surface area contributed by atoms with E-state index in [2.05, 4.69) is 5.10 Å². The van der Waals surface area contributed by atoms with Gasteiger partial charge in [0.15, 0.2) is 0 Å². The van der Waals surface area contributed by atoms with Crippen LogP contribution in [0.3, 0.4) is 0 Å². The third-order valence-electron chi connectivity index (χ3n) is 3.13. The van der Waals surface area contributed by atoms with Crippen molar-refractivity contribution in [3.8, 4) is 17.3 Å². The van der Waals surface area contributed by atoms with Gasteiger partial charge < -0.3 is 10.8 Å². The second kappa shape index (κ2) is 7.44. The zero-order chi connectivity index (χ0) is 17.7. The molecule has 3 N–H and O–H groups in total. The summed E-state index contributed by atoms with van der Waals surface area (Å²) >= 11 is 5.99. The first-order chi connectivity index (χ1) is 11.4. The monoisotopic (exact) mass is 344 g/mol. The topological polar surface area (TPSA) is 122 Å². The molecule has 7 nitrogen and oxygen atoms in total. The van der Waals surface area contributed by atoms with Gasteiger partial charge in [-0.2, -0.15) is 10.4 Å². The van der Waals surface area contributed by atoms with Crippen LogP contribution in [-0.4, -0.2) is 26.8 Å². The maximum absolute atomic E-state index is 11.3. The molecule has 0 aliphatic rings. The Labute approximate surface area is 142 Å². The lowest BCUT2D eigenvalue weighted by atomic mass is 10.1. The van der Waals surface area contributed by atoms with E-state index in [4.69, 9.17) is 27.7 Å². The third kappa shape index (κ3) is 4.21. The SMILES string of the molecule is N#C/C(=C/c1cn(CCC(=O)O)nc1-c1cccc(Cl)c1)C(N)=O. The van der Waals surface area contributed by atoms with Crippen molar-refractivity contribution in [1.29, 1.82) is 5.26 Å². The van der Waals surface area contributed by atoms with Crippen LogP contribution >= 0.6 is 11.6 Å². The number of aliphatic carboxylic acids is 1. The summed E-state index contributed by atoms with van der Waals surface area (Å²) in [6.45, 7) is 0.148. The Kier molecular flexibility index (Phi) is 5.35. The molecule has 2 rings (SSSR count). The van der Waals surface area contributed by atoms with Gasteiger partial charge in [0, 0.05) is 22.3 Å². The van der Waals surface area contributed by atoms with E-state index in [1.165, 1.54) is 10.8 Å². The van der Waals surface area contributed by atoms with Gasteiger partial charge in [0.25, 0.3) is 5.91 Å². The fourth-order valence-electron chi connectivity index (χ4n) is 2.04. The van der Waals surface area contributed by atoms with E-state index in [1.807, 2.05) is 0 Å². The van der Waals surface area contributed by atoms with E-state index in [-0.39, 0.29) is 18.5 Å². The van der Waals surface area contributed by atoms with Crippen molar-refractivity contribution >= 4 is 29.6 Å². The highest BCUT2D eigenvalue weighted by Gasteiger charge is 2.13. The van der Waals surface area contributed by atoms with Crippen LogP contribution < -0.4 is 5.73 Å². The zero-order valence-corrected chi connectivity index (χ0v) is 13.2. The van der Waals surface area contributed by atoms with E-state index in [9.17, 15) is 9.59 Å². The van der Waals surface area contributed by atoms with Crippen LogP contribution in [0.2, 0.25) is 5.02 Å². The lowest BCUT2D eigenvalue weighted by molar-refractivity contribution is -0.137. The highest BCUT2D eigenvalue weighted by atomic mass is 35.5. The molecule has 0 saturated heterocycles. The molecular formula is C16H13ClN4O3. The van der Waals surface area contributed by atoms with Gasteiger partial charge in [-0.25, -0.2) is 0 Å². The van der Waals surface area contributed by atoms with Gasteiger partial charge in [0.05, 0.1) is 18.7 Å². The Morgan fingerprint density at radius 3 is 2.79 bits per heavy atom. The van der Waals surface area contributed by atoms with Crippen LogP contribution in [0.5, 0.6) is 0 Å². The Morgan fingerprint density at radius 2 is 2.21 bits per heavy atom. The predicted molar refractivity (Wildman–Crippen MR) is 87.7 cm³/mol. The van der Waals surface area contributed by atoms with Crippen molar-refractivity contribution in [3.63, 3.8) is 0 Å². The molecule has 0 unspecified atom stereocenters. The van der Waals surface area contributed by atoms with Crippen LogP contribution in [0.1, 0.15) is 12.0 Å². The minimum atomic E-state index is -0.957. The number of nitriles is 1.